The third-order valence-corrected chi connectivity index (χ3v) is 5.06. The molecule has 2 fully saturated rings. The molecule has 0 amide bonds. The number of hydrogen-bond acceptors (Lipinski definition) is 4. The van der Waals surface area contributed by atoms with E-state index in [1.807, 2.05) is 12.1 Å². The van der Waals surface area contributed by atoms with Crippen LogP contribution in [0.15, 0.2) is 18.2 Å². The molecular weight excluding hydrogens is 302 g/mol. The summed E-state index contributed by atoms with van der Waals surface area (Å²) in [4.78, 5) is 13.2. The highest BCUT2D eigenvalue weighted by Crippen LogP contribution is 2.39. The van der Waals surface area contributed by atoms with Gasteiger partial charge in [0, 0.05) is 24.7 Å². The summed E-state index contributed by atoms with van der Waals surface area (Å²) in [6.07, 6.45) is 3.79. The minimum Gasteiger partial charge on any atom is -0.317 e. The van der Waals surface area contributed by atoms with E-state index in [0.29, 0.717) is 5.41 Å². The highest BCUT2D eigenvalue weighted by molar-refractivity contribution is 5.85. The smallest absolute Gasteiger partial charge is 0.272 e. The number of likely N-dealkylation sites (tertiary alicyclic amines) is 1. The van der Waals surface area contributed by atoms with E-state index < -0.39 is 0 Å². The molecule has 0 bridgehead atoms. The van der Waals surface area contributed by atoms with Crippen LogP contribution < -0.4 is 5.32 Å². The van der Waals surface area contributed by atoms with Gasteiger partial charge in [-0.2, -0.15) is 0 Å². The van der Waals surface area contributed by atoms with E-state index in [9.17, 15) is 10.1 Å². The van der Waals surface area contributed by atoms with Crippen molar-refractivity contribution in [2.24, 2.45) is 5.41 Å². The van der Waals surface area contributed by atoms with Crippen molar-refractivity contribution in [3.05, 3.63) is 39.4 Å². The summed E-state index contributed by atoms with van der Waals surface area (Å²) in [6.45, 7) is 7.13. The third kappa shape index (κ3) is 3.59. The van der Waals surface area contributed by atoms with Crippen LogP contribution in [0.2, 0.25) is 0 Å². The van der Waals surface area contributed by atoms with E-state index >= 15 is 0 Å². The van der Waals surface area contributed by atoms with Crippen molar-refractivity contribution in [2.45, 2.75) is 32.7 Å². The Bertz CT molecular complexity index is 544. The number of piperidine rings is 1. The van der Waals surface area contributed by atoms with Crippen LogP contribution in [0, 0.1) is 22.5 Å². The number of halogens is 1. The number of aryl methyl sites for hydroxylation is 1. The Hall–Kier alpha value is -1.17. The molecule has 3 rings (SSSR count). The van der Waals surface area contributed by atoms with Crippen molar-refractivity contribution in [1.82, 2.24) is 10.2 Å². The van der Waals surface area contributed by atoms with Gasteiger partial charge >= 0.3 is 0 Å². The second-order valence-corrected chi connectivity index (χ2v) is 6.59. The zero-order chi connectivity index (χ0) is 14.9. The molecule has 1 spiro atoms. The maximum absolute atomic E-state index is 11.0. The molecular formula is C16H24ClN3O2. The van der Waals surface area contributed by atoms with Crippen molar-refractivity contribution in [2.75, 3.05) is 26.2 Å². The lowest BCUT2D eigenvalue weighted by Gasteiger charge is -2.33. The maximum Gasteiger partial charge on any atom is 0.272 e. The lowest BCUT2D eigenvalue weighted by atomic mass is 9.78. The molecule has 0 unspecified atom stereocenters. The van der Waals surface area contributed by atoms with Crippen molar-refractivity contribution < 1.29 is 4.92 Å². The highest BCUT2D eigenvalue weighted by atomic mass is 35.5. The number of nitro groups is 1. The van der Waals surface area contributed by atoms with E-state index in [2.05, 4.69) is 10.2 Å². The fourth-order valence-electron chi connectivity index (χ4n) is 3.74. The Kier molecular flexibility index (Phi) is 5.42. The fraction of sp³-hybridized carbons (Fsp3) is 0.625. The molecule has 2 heterocycles. The SMILES string of the molecule is Cc1ccc(CN2CCC3(CCNCC3)C2)cc1[N+](=O)[O-].Cl. The highest BCUT2D eigenvalue weighted by Gasteiger charge is 2.38. The number of hydrogen-bond donors (Lipinski definition) is 1. The zero-order valence-electron chi connectivity index (χ0n) is 13.0. The Morgan fingerprint density at radius 2 is 2.05 bits per heavy atom. The van der Waals surface area contributed by atoms with Gasteiger partial charge < -0.3 is 5.32 Å². The average Bonchev–Trinajstić information content (AvgIpc) is 2.84. The molecule has 2 aliphatic rings. The normalized spacial score (nSPS) is 20.8. The number of nitro benzene ring substituents is 1. The molecule has 2 saturated heterocycles. The van der Waals surface area contributed by atoms with E-state index in [1.165, 1.54) is 19.3 Å². The molecule has 0 radical (unpaired) electrons. The number of nitrogens with zero attached hydrogens (tertiary/aromatic N) is 2. The zero-order valence-corrected chi connectivity index (χ0v) is 13.8. The van der Waals surface area contributed by atoms with Gasteiger partial charge in [-0.05, 0) is 56.8 Å². The lowest BCUT2D eigenvalue weighted by Crippen LogP contribution is -2.38. The van der Waals surface area contributed by atoms with Gasteiger partial charge in [0.15, 0.2) is 0 Å². The Morgan fingerprint density at radius 3 is 2.73 bits per heavy atom. The summed E-state index contributed by atoms with van der Waals surface area (Å²) in [5, 5.41) is 14.5. The van der Waals surface area contributed by atoms with E-state index in [0.717, 1.165) is 43.9 Å². The van der Waals surface area contributed by atoms with E-state index in [4.69, 9.17) is 0 Å². The summed E-state index contributed by atoms with van der Waals surface area (Å²) in [5.41, 5.74) is 2.52. The van der Waals surface area contributed by atoms with Gasteiger partial charge in [-0.3, -0.25) is 15.0 Å². The van der Waals surface area contributed by atoms with Crippen LogP contribution in [0.4, 0.5) is 5.69 Å². The molecule has 0 aliphatic carbocycles. The molecule has 2 aliphatic heterocycles. The number of benzene rings is 1. The summed E-state index contributed by atoms with van der Waals surface area (Å²) >= 11 is 0. The first-order valence-electron chi connectivity index (χ1n) is 7.75. The standard InChI is InChI=1S/C16H23N3O2.ClH/c1-13-2-3-14(10-15(13)19(20)21)11-18-9-6-16(12-18)4-7-17-8-5-16;/h2-3,10,17H,4-9,11-12H2,1H3;1H. The molecule has 122 valence electrons. The van der Waals surface area contributed by atoms with Crippen molar-refractivity contribution in [3.8, 4) is 0 Å². The molecule has 5 nitrogen and oxygen atoms in total. The molecule has 1 aromatic carbocycles. The number of nitrogens with one attached hydrogen (secondary N) is 1. The largest absolute Gasteiger partial charge is 0.317 e. The quantitative estimate of drug-likeness (QED) is 0.685. The third-order valence-electron chi connectivity index (χ3n) is 5.06. The molecule has 6 heteroatoms. The average molecular weight is 326 g/mol. The first-order valence-corrected chi connectivity index (χ1v) is 7.75. The minimum absolute atomic E-state index is 0. The van der Waals surface area contributed by atoms with Crippen LogP contribution in [0.3, 0.4) is 0 Å². The van der Waals surface area contributed by atoms with E-state index in [-0.39, 0.29) is 23.0 Å². The molecule has 1 N–H and O–H groups in total. The fourth-order valence-corrected chi connectivity index (χ4v) is 3.74. The van der Waals surface area contributed by atoms with Gasteiger partial charge in [0.2, 0.25) is 0 Å². The van der Waals surface area contributed by atoms with Gasteiger partial charge in [-0.25, -0.2) is 0 Å². The molecule has 0 aromatic heterocycles. The van der Waals surface area contributed by atoms with Crippen molar-refractivity contribution in [1.29, 1.82) is 0 Å². The summed E-state index contributed by atoms with van der Waals surface area (Å²) in [7, 11) is 0. The maximum atomic E-state index is 11.0. The van der Waals surface area contributed by atoms with Crippen molar-refractivity contribution in [3.63, 3.8) is 0 Å². The predicted octanol–water partition coefficient (Wildman–Crippen LogP) is 2.90. The van der Waals surface area contributed by atoms with Crippen molar-refractivity contribution >= 4 is 18.1 Å². The predicted molar refractivity (Wildman–Crippen MR) is 89.5 cm³/mol. The van der Waals surface area contributed by atoms with Gasteiger partial charge in [0.1, 0.15) is 0 Å². The van der Waals surface area contributed by atoms with Crippen LogP contribution in [0.5, 0.6) is 0 Å². The Balaban J connectivity index is 0.00000176. The molecule has 1 aromatic rings. The monoisotopic (exact) mass is 325 g/mol. The summed E-state index contributed by atoms with van der Waals surface area (Å²) in [6, 6.07) is 5.63. The van der Waals surface area contributed by atoms with Gasteiger partial charge in [0.25, 0.3) is 5.69 Å². The van der Waals surface area contributed by atoms with Crippen LogP contribution >= 0.6 is 12.4 Å². The lowest BCUT2D eigenvalue weighted by molar-refractivity contribution is -0.385. The first-order chi connectivity index (χ1) is 10.1. The molecule has 22 heavy (non-hydrogen) atoms. The first kappa shape index (κ1) is 17.2. The molecule has 0 atom stereocenters. The van der Waals surface area contributed by atoms with Gasteiger partial charge in [-0.1, -0.05) is 12.1 Å². The second kappa shape index (κ2) is 6.94. The molecule has 0 saturated carbocycles. The van der Waals surface area contributed by atoms with Crippen LogP contribution in [-0.2, 0) is 6.54 Å². The van der Waals surface area contributed by atoms with Crippen LogP contribution in [0.1, 0.15) is 30.4 Å². The Morgan fingerprint density at radius 1 is 1.32 bits per heavy atom. The number of rotatable bonds is 3. The van der Waals surface area contributed by atoms with E-state index in [1.54, 1.807) is 13.0 Å². The Labute approximate surface area is 137 Å². The summed E-state index contributed by atoms with van der Waals surface area (Å²) in [5.74, 6) is 0. The van der Waals surface area contributed by atoms with Crippen LogP contribution in [0.25, 0.3) is 0 Å². The van der Waals surface area contributed by atoms with Gasteiger partial charge in [-0.15, -0.1) is 12.4 Å². The minimum atomic E-state index is -0.281. The van der Waals surface area contributed by atoms with Gasteiger partial charge in [0.05, 0.1) is 4.92 Å². The van der Waals surface area contributed by atoms with Crippen LogP contribution in [-0.4, -0.2) is 36.0 Å². The topological polar surface area (TPSA) is 58.4 Å². The summed E-state index contributed by atoms with van der Waals surface area (Å²) < 4.78 is 0. The second-order valence-electron chi connectivity index (χ2n) is 6.59.